The van der Waals surface area contributed by atoms with Crippen molar-refractivity contribution in [2.45, 2.75) is 19.8 Å². The predicted molar refractivity (Wildman–Crippen MR) is 80.2 cm³/mol. The second-order valence-electron chi connectivity index (χ2n) is 5.56. The molecule has 0 atom stereocenters. The van der Waals surface area contributed by atoms with Crippen molar-refractivity contribution in [3.8, 4) is 0 Å². The molecule has 1 fully saturated rings. The zero-order chi connectivity index (χ0) is 13.9. The molecule has 1 aliphatic heterocycles. The summed E-state index contributed by atoms with van der Waals surface area (Å²) in [5.41, 5.74) is 2.22. The van der Waals surface area contributed by atoms with Crippen LogP contribution in [0.2, 0.25) is 0 Å². The molecule has 1 aliphatic carbocycles. The van der Waals surface area contributed by atoms with Gasteiger partial charge in [-0.05, 0) is 37.8 Å². The number of rotatable bonds is 5. The van der Waals surface area contributed by atoms with Gasteiger partial charge in [0.25, 0.3) is 5.91 Å². The molecule has 4 heteroatoms. The summed E-state index contributed by atoms with van der Waals surface area (Å²) in [6.45, 7) is 5.48. The zero-order valence-corrected chi connectivity index (χ0v) is 12.0. The molecule has 108 valence electrons. The van der Waals surface area contributed by atoms with E-state index in [1.54, 1.807) is 0 Å². The van der Waals surface area contributed by atoms with Crippen molar-refractivity contribution < 1.29 is 9.53 Å². The van der Waals surface area contributed by atoms with Crippen LogP contribution in [-0.4, -0.2) is 38.8 Å². The second-order valence-corrected chi connectivity index (χ2v) is 5.56. The van der Waals surface area contributed by atoms with Crippen molar-refractivity contribution in [1.29, 1.82) is 0 Å². The lowest BCUT2D eigenvalue weighted by Gasteiger charge is -2.37. The summed E-state index contributed by atoms with van der Waals surface area (Å²) in [5.74, 6) is 0.916. The number of para-hydroxylation sites is 2. The van der Waals surface area contributed by atoms with E-state index in [2.05, 4.69) is 17.0 Å². The molecule has 1 aromatic carbocycles. The van der Waals surface area contributed by atoms with Gasteiger partial charge in [0, 0.05) is 26.2 Å². The first kappa shape index (κ1) is 13.4. The maximum atomic E-state index is 12.2. The number of fused-ring (bicyclic) bond motifs is 1. The SMILES string of the molecule is CCOCC(=O)N1CCN(CC2CC2)c2ccccc21. The van der Waals surface area contributed by atoms with Crippen LogP contribution >= 0.6 is 0 Å². The molecule has 20 heavy (non-hydrogen) atoms. The van der Waals surface area contributed by atoms with Crippen LogP contribution in [-0.2, 0) is 9.53 Å². The average molecular weight is 274 g/mol. The number of carbonyl (C=O) groups excluding carboxylic acids is 1. The van der Waals surface area contributed by atoms with Gasteiger partial charge in [-0.3, -0.25) is 4.79 Å². The minimum atomic E-state index is 0.0605. The third kappa shape index (κ3) is 2.80. The van der Waals surface area contributed by atoms with Gasteiger partial charge in [-0.15, -0.1) is 0 Å². The molecule has 2 aliphatic rings. The molecular weight excluding hydrogens is 252 g/mol. The molecule has 0 unspecified atom stereocenters. The Balaban J connectivity index is 1.78. The zero-order valence-electron chi connectivity index (χ0n) is 12.0. The van der Waals surface area contributed by atoms with Crippen LogP contribution in [0.3, 0.4) is 0 Å². The molecule has 0 N–H and O–H groups in total. The molecule has 1 heterocycles. The van der Waals surface area contributed by atoms with Gasteiger partial charge >= 0.3 is 0 Å². The summed E-state index contributed by atoms with van der Waals surface area (Å²) < 4.78 is 5.26. The Bertz CT molecular complexity index is 485. The van der Waals surface area contributed by atoms with Crippen molar-refractivity contribution in [3.63, 3.8) is 0 Å². The van der Waals surface area contributed by atoms with Crippen LogP contribution in [0.4, 0.5) is 11.4 Å². The van der Waals surface area contributed by atoms with Crippen LogP contribution < -0.4 is 9.80 Å². The van der Waals surface area contributed by atoms with E-state index in [9.17, 15) is 4.79 Å². The normalized spacial score (nSPS) is 18.1. The van der Waals surface area contributed by atoms with Crippen LogP contribution in [0, 0.1) is 5.92 Å². The fourth-order valence-electron chi connectivity index (χ4n) is 2.75. The van der Waals surface area contributed by atoms with Crippen molar-refractivity contribution in [3.05, 3.63) is 24.3 Å². The summed E-state index contributed by atoms with van der Waals surface area (Å²) in [5, 5.41) is 0. The summed E-state index contributed by atoms with van der Waals surface area (Å²) in [6, 6.07) is 8.21. The van der Waals surface area contributed by atoms with Crippen molar-refractivity contribution in [2.75, 3.05) is 42.6 Å². The van der Waals surface area contributed by atoms with Gasteiger partial charge in [0.05, 0.1) is 11.4 Å². The van der Waals surface area contributed by atoms with E-state index < -0.39 is 0 Å². The highest BCUT2D eigenvalue weighted by Gasteiger charge is 2.30. The van der Waals surface area contributed by atoms with Gasteiger partial charge in [0.1, 0.15) is 6.61 Å². The maximum absolute atomic E-state index is 12.2. The van der Waals surface area contributed by atoms with E-state index >= 15 is 0 Å². The summed E-state index contributed by atoms with van der Waals surface area (Å²) in [6.07, 6.45) is 2.71. The van der Waals surface area contributed by atoms with Crippen molar-refractivity contribution >= 4 is 17.3 Å². The van der Waals surface area contributed by atoms with Crippen LogP contribution in [0.1, 0.15) is 19.8 Å². The first-order valence-corrected chi connectivity index (χ1v) is 7.51. The number of hydrogen-bond donors (Lipinski definition) is 0. The lowest BCUT2D eigenvalue weighted by atomic mass is 10.1. The highest BCUT2D eigenvalue weighted by Crippen LogP contribution is 2.37. The molecule has 1 saturated carbocycles. The molecule has 0 radical (unpaired) electrons. The second kappa shape index (κ2) is 5.83. The first-order chi connectivity index (χ1) is 9.79. The van der Waals surface area contributed by atoms with Gasteiger partial charge in [-0.1, -0.05) is 12.1 Å². The lowest BCUT2D eigenvalue weighted by Crippen LogP contribution is -2.46. The molecule has 0 bridgehead atoms. The van der Waals surface area contributed by atoms with Gasteiger partial charge < -0.3 is 14.5 Å². The molecule has 0 saturated heterocycles. The number of anilines is 2. The number of carbonyl (C=O) groups is 1. The Morgan fingerprint density at radius 2 is 2.00 bits per heavy atom. The number of nitrogens with zero attached hydrogens (tertiary/aromatic N) is 2. The van der Waals surface area contributed by atoms with Gasteiger partial charge in [0.2, 0.25) is 0 Å². The van der Waals surface area contributed by atoms with E-state index in [0.29, 0.717) is 6.61 Å². The maximum Gasteiger partial charge on any atom is 0.253 e. The molecule has 1 aromatic rings. The van der Waals surface area contributed by atoms with Gasteiger partial charge in [-0.25, -0.2) is 0 Å². The molecule has 0 aromatic heterocycles. The van der Waals surface area contributed by atoms with E-state index in [0.717, 1.165) is 31.2 Å². The van der Waals surface area contributed by atoms with Crippen molar-refractivity contribution in [2.24, 2.45) is 5.92 Å². The fraction of sp³-hybridized carbons (Fsp3) is 0.562. The summed E-state index contributed by atoms with van der Waals surface area (Å²) in [4.78, 5) is 16.5. The largest absolute Gasteiger partial charge is 0.372 e. The number of ether oxygens (including phenoxy) is 1. The van der Waals surface area contributed by atoms with Gasteiger partial charge in [-0.2, -0.15) is 0 Å². The minimum Gasteiger partial charge on any atom is -0.372 e. The standard InChI is InChI=1S/C16H22N2O2/c1-2-20-12-16(19)18-10-9-17(11-13-7-8-13)14-5-3-4-6-15(14)18/h3-6,13H,2,7-12H2,1H3. The summed E-state index contributed by atoms with van der Waals surface area (Å²) >= 11 is 0. The predicted octanol–water partition coefficient (Wildman–Crippen LogP) is 2.29. The Hall–Kier alpha value is -1.55. The average Bonchev–Trinajstić information content (AvgIpc) is 3.29. The Morgan fingerprint density at radius 3 is 2.70 bits per heavy atom. The highest BCUT2D eigenvalue weighted by atomic mass is 16.5. The third-order valence-corrected chi connectivity index (χ3v) is 4.01. The molecule has 1 amide bonds. The van der Waals surface area contributed by atoms with Crippen LogP contribution in [0.25, 0.3) is 0 Å². The van der Waals surface area contributed by atoms with Crippen LogP contribution in [0.5, 0.6) is 0 Å². The third-order valence-electron chi connectivity index (χ3n) is 4.01. The number of hydrogen-bond acceptors (Lipinski definition) is 3. The smallest absolute Gasteiger partial charge is 0.253 e. The first-order valence-electron chi connectivity index (χ1n) is 7.51. The lowest BCUT2D eigenvalue weighted by molar-refractivity contribution is -0.122. The Morgan fingerprint density at radius 1 is 1.25 bits per heavy atom. The quantitative estimate of drug-likeness (QED) is 0.826. The fourth-order valence-corrected chi connectivity index (χ4v) is 2.75. The molecule has 4 nitrogen and oxygen atoms in total. The van der Waals surface area contributed by atoms with E-state index in [1.165, 1.54) is 18.5 Å². The van der Waals surface area contributed by atoms with E-state index in [1.807, 2.05) is 24.0 Å². The van der Waals surface area contributed by atoms with Crippen LogP contribution in [0.15, 0.2) is 24.3 Å². The minimum absolute atomic E-state index is 0.0605. The highest BCUT2D eigenvalue weighted by molar-refractivity contribution is 5.98. The molecular formula is C16H22N2O2. The van der Waals surface area contributed by atoms with Gasteiger partial charge in [0.15, 0.2) is 0 Å². The van der Waals surface area contributed by atoms with E-state index in [-0.39, 0.29) is 12.5 Å². The Labute approximate surface area is 120 Å². The number of amides is 1. The molecule has 3 rings (SSSR count). The monoisotopic (exact) mass is 274 g/mol. The topological polar surface area (TPSA) is 32.8 Å². The van der Waals surface area contributed by atoms with E-state index in [4.69, 9.17) is 4.74 Å². The summed E-state index contributed by atoms with van der Waals surface area (Å²) in [7, 11) is 0. The Kier molecular flexibility index (Phi) is 3.92. The molecule has 0 spiro atoms. The number of benzene rings is 1. The van der Waals surface area contributed by atoms with Crippen molar-refractivity contribution in [1.82, 2.24) is 0 Å².